The maximum Gasteiger partial charge on any atom is 0.271 e. The molecule has 1 amide bonds. The van der Waals surface area contributed by atoms with Gasteiger partial charge in [0.25, 0.3) is 5.91 Å². The molecule has 0 aromatic carbocycles. The summed E-state index contributed by atoms with van der Waals surface area (Å²) in [6.45, 7) is 6.17. The van der Waals surface area contributed by atoms with Gasteiger partial charge in [-0.2, -0.15) is 0 Å². The summed E-state index contributed by atoms with van der Waals surface area (Å²) in [6, 6.07) is 3.23. The first-order valence-electron chi connectivity index (χ1n) is 5.63. The molecule has 0 aliphatic carbocycles. The molecule has 0 bridgehead atoms. The minimum absolute atomic E-state index is 0.0850. The highest BCUT2D eigenvalue weighted by molar-refractivity contribution is 6.33. The van der Waals surface area contributed by atoms with Crippen molar-refractivity contribution < 1.29 is 4.79 Å². The lowest BCUT2D eigenvalue weighted by Gasteiger charge is -2.16. The molecule has 3 N–H and O–H groups in total. The van der Waals surface area contributed by atoms with Crippen molar-refractivity contribution in [2.24, 2.45) is 5.92 Å². The van der Waals surface area contributed by atoms with Gasteiger partial charge < -0.3 is 11.1 Å². The van der Waals surface area contributed by atoms with Crippen molar-refractivity contribution in [3.05, 3.63) is 22.8 Å². The zero-order chi connectivity index (χ0) is 13.0. The quantitative estimate of drug-likeness (QED) is 0.869. The smallest absolute Gasteiger partial charge is 0.271 e. The van der Waals surface area contributed by atoms with E-state index in [1.807, 2.05) is 6.92 Å². The van der Waals surface area contributed by atoms with E-state index in [-0.39, 0.29) is 23.5 Å². The number of carbonyl (C=O) groups is 1. The standard InChI is InChI=1S/C12H18ClN3O/c1-7(2)6-8(3)15-12(17)11-9(13)4-5-10(14)16-11/h4-5,7-8H,6H2,1-3H3,(H2,14,16)(H,15,17). The molecule has 17 heavy (non-hydrogen) atoms. The number of hydrogen-bond acceptors (Lipinski definition) is 3. The summed E-state index contributed by atoms with van der Waals surface area (Å²) in [6.07, 6.45) is 0.908. The molecule has 0 aliphatic heterocycles. The Kier molecular flexibility index (Phi) is 4.75. The van der Waals surface area contributed by atoms with Gasteiger partial charge in [0.1, 0.15) is 11.5 Å². The van der Waals surface area contributed by atoms with Crippen molar-refractivity contribution in [2.75, 3.05) is 5.73 Å². The number of nitrogens with two attached hydrogens (primary N) is 1. The van der Waals surface area contributed by atoms with Crippen molar-refractivity contribution in [3.8, 4) is 0 Å². The van der Waals surface area contributed by atoms with Crippen molar-refractivity contribution in [1.82, 2.24) is 10.3 Å². The summed E-state index contributed by atoms with van der Waals surface area (Å²) in [4.78, 5) is 15.8. The van der Waals surface area contributed by atoms with E-state index in [1.165, 1.54) is 0 Å². The van der Waals surface area contributed by atoms with E-state index in [0.29, 0.717) is 10.9 Å². The summed E-state index contributed by atoms with van der Waals surface area (Å²) in [7, 11) is 0. The van der Waals surface area contributed by atoms with E-state index in [9.17, 15) is 4.79 Å². The third kappa shape index (κ3) is 4.23. The van der Waals surface area contributed by atoms with Gasteiger partial charge in [0, 0.05) is 6.04 Å². The third-order valence-electron chi connectivity index (χ3n) is 2.29. The Morgan fingerprint density at radius 3 is 2.71 bits per heavy atom. The molecule has 5 heteroatoms. The highest BCUT2D eigenvalue weighted by Crippen LogP contribution is 2.15. The lowest BCUT2D eigenvalue weighted by molar-refractivity contribution is 0.0931. The predicted molar refractivity (Wildman–Crippen MR) is 70.0 cm³/mol. The van der Waals surface area contributed by atoms with Gasteiger partial charge in [-0.1, -0.05) is 25.4 Å². The topological polar surface area (TPSA) is 68.0 Å². The van der Waals surface area contributed by atoms with E-state index in [0.717, 1.165) is 6.42 Å². The number of hydrogen-bond donors (Lipinski definition) is 2. The molecule has 0 radical (unpaired) electrons. The van der Waals surface area contributed by atoms with E-state index >= 15 is 0 Å². The fraction of sp³-hybridized carbons (Fsp3) is 0.500. The fourth-order valence-electron chi connectivity index (χ4n) is 1.67. The summed E-state index contributed by atoms with van der Waals surface area (Å²) in [5.74, 6) is 0.529. The van der Waals surface area contributed by atoms with E-state index < -0.39 is 0 Å². The van der Waals surface area contributed by atoms with Crippen LogP contribution >= 0.6 is 11.6 Å². The van der Waals surface area contributed by atoms with Crippen LogP contribution in [-0.4, -0.2) is 16.9 Å². The molecule has 0 aliphatic rings. The molecule has 1 aromatic rings. The minimum atomic E-state index is -0.282. The number of anilines is 1. The average molecular weight is 256 g/mol. The predicted octanol–water partition coefficient (Wildman–Crippen LogP) is 2.48. The van der Waals surface area contributed by atoms with Crippen molar-refractivity contribution in [2.45, 2.75) is 33.2 Å². The van der Waals surface area contributed by atoms with Gasteiger partial charge in [0.2, 0.25) is 0 Å². The zero-order valence-corrected chi connectivity index (χ0v) is 11.1. The Balaban J connectivity index is 2.73. The second kappa shape index (κ2) is 5.87. The lowest BCUT2D eigenvalue weighted by atomic mass is 10.1. The molecule has 1 atom stereocenters. The molecule has 0 fully saturated rings. The summed E-state index contributed by atoms with van der Waals surface area (Å²) < 4.78 is 0. The second-order valence-electron chi connectivity index (χ2n) is 4.57. The normalized spacial score (nSPS) is 12.5. The van der Waals surface area contributed by atoms with Crippen molar-refractivity contribution in [3.63, 3.8) is 0 Å². The average Bonchev–Trinajstić information content (AvgIpc) is 2.20. The van der Waals surface area contributed by atoms with Gasteiger partial charge in [0.05, 0.1) is 5.02 Å². The molecule has 1 unspecified atom stereocenters. The Labute approximate surface area is 107 Å². The van der Waals surface area contributed by atoms with Crippen LogP contribution in [0.5, 0.6) is 0 Å². The van der Waals surface area contributed by atoms with Crippen molar-refractivity contribution in [1.29, 1.82) is 0 Å². The van der Waals surface area contributed by atoms with Crippen LogP contribution in [0, 0.1) is 5.92 Å². The number of rotatable bonds is 4. The van der Waals surface area contributed by atoms with E-state index in [4.69, 9.17) is 17.3 Å². The Bertz CT molecular complexity index is 407. The Morgan fingerprint density at radius 2 is 2.12 bits per heavy atom. The van der Waals surface area contributed by atoms with Crippen LogP contribution in [0.3, 0.4) is 0 Å². The molecule has 4 nitrogen and oxygen atoms in total. The zero-order valence-electron chi connectivity index (χ0n) is 10.3. The SMILES string of the molecule is CC(C)CC(C)NC(=O)c1nc(N)ccc1Cl. The first kappa shape index (κ1) is 13.8. The van der Waals surface area contributed by atoms with Gasteiger partial charge in [-0.3, -0.25) is 4.79 Å². The summed E-state index contributed by atoms with van der Waals surface area (Å²) >= 11 is 5.90. The summed E-state index contributed by atoms with van der Waals surface area (Å²) in [5, 5.41) is 3.17. The lowest BCUT2D eigenvalue weighted by Crippen LogP contribution is -2.34. The maximum atomic E-state index is 11.9. The minimum Gasteiger partial charge on any atom is -0.384 e. The number of amides is 1. The van der Waals surface area contributed by atoms with Gasteiger partial charge in [-0.15, -0.1) is 0 Å². The van der Waals surface area contributed by atoms with Gasteiger partial charge in [0.15, 0.2) is 0 Å². The summed E-state index contributed by atoms with van der Waals surface area (Å²) in [5.41, 5.74) is 5.71. The number of carbonyl (C=O) groups excluding carboxylic acids is 1. The first-order valence-corrected chi connectivity index (χ1v) is 6.00. The number of halogens is 1. The van der Waals surface area contributed by atoms with Crippen LogP contribution < -0.4 is 11.1 Å². The molecular weight excluding hydrogens is 238 g/mol. The molecule has 1 heterocycles. The number of pyridine rings is 1. The van der Waals surface area contributed by atoms with E-state index in [1.54, 1.807) is 12.1 Å². The largest absolute Gasteiger partial charge is 0.384 e. The number of nitrogen functional groups attached to an aromatic ring is 1. The van der Waals surface area contributed by atoms with Crippen LogP contribution in [0.25, 0.3) is 0 Å². The molecule has 0 saturated carbocycles. The van der Waals surface area contributed by atoms with Gasteiger partial charge in [-0.05, 0) is 31.4 Å². The molecule has 0 saturated heterocycles. The molecule has 1 rings (SSSR count). The first-order chi connectivity index (χ1) is 7.90. The van der Waals surface area contributed by atoms with Crippen LogP contribution in [0.2, 0.25) is 5.02 Å². The van der Waals surface area contributed by atoms with Gasteiger partial charge >= 0.3 is 0 Å². The molecule has 1 aromatic heterocycles. The van der Waals surface area contributed by atoms with Crippen LogP contribution in [0.4, 0.5) is 5.82 Å². The van der Waals surface area contributed by atoms with Crippen LogP contribution in [-0.2, 0) is 0 Å². The number of aromatic nitrogens is 1. The number of nitrogens with one attached hydrogen (secondary N) is 1. The monoisotopic (exact) mass is 255 g/mol. The molecule has 0 spiro atoms. The highest BCUT2D eigenvalue weighted by atomic mass is 35.5. The van der Waals surface area contributed by atoms with E-state index in [2.05, 4.69) is 24.1 Å². The van der Waals surface area contributed by atoms with Crippen molar-refractivity contribution >= 4 is 23.3 Å². The Morgan fingerprint density at radius 1 is 1.47 bits per heavy atom. The highest BCUT2D eigenvalue weighted by Gasteiger charge is 2.15. The molecule has 94 valence electrons. The van der Waals surface area contributed by atoms with Gasteiger partial charge in [-0.25, -0.2) is 4.98 Å². The fourth-order valence-corrected chi connectivity index (χ4v) is 1.87. The second-order valence-corrected chi connectivity index (χ2v) is 4.98. The Hall–Kier alpha value is -1.29. The van der Waals surface area contributed by atoms with Crippen LogP contribution in [0.15, 0.2) is 12.1 Å². The molecular formula is C12H18ClN3O. The number of nitrogens with zero attached hydrogens (tertiary/aromatic N) is 1. The third-order valence-corrected chi connectivity index (χ3v) is 2.59. The maximum absolute atomic E-state index is 11.9. The van der Waals surface area contributed by atoms with Crippen LogP contribution in [0.1, 0.15) is 37.7 Å².